The molecule has 2 fully saturated rings. The molecular weight excluding hydrogens is 514 g/mol. The minimum Gasteiger partial charge on any atom is -0.494 e. The Bertz CT molecular complexity index is 1150. The lowest BCUT2D eigenvalue weighted by atomic mass is 9.78. The number of hydrogen-bond donors (Lipinski definition) is 1. The molecular formula is C30H39N3O5S. The predicted octanol–water partition coefficient (Wildman–Crippen LogP) is 3.25. The molecule has 2 saturated heterocycles. The molecule has 0 aromatic heterocycles. The fourth-order valence-electron chi connectivity index (χ4n) is 6.60. The van der Waals surface area contributed by atoms with E-state index in [0.29, 0.717) is 32.7 Å². The largest absolute Gasteiger partial charge is 0.494 e. The second kappa shape index (κ2) is 11.4. The molecule has 210 valence electrons. The van der Waals surface area contributed by atoms with Gasteiger partial charge in [0.15, 0.2) is 0 Å². The number of aliphatic hydroxyl groups is 1. The van der Waals surface area contributed by atoms with Crippen molar-refractivity contribution in [3.8, 4) is 5.75 Å². The van der Waals surface area contributed by atoms with Crippen LogP contribution in [-0.4, -0.2) is 87.6 Å². The smallest absolute Gasteiger partial charge is 0.247 e. The number of carbonyl (C=O) groups excluding carboxylic acids is 3. The van der Waals surface area contributed by atoms with Crippen LogP contribution in [0.5, 0.6) is 5.75 Å². The van der Waals surface area contributed by atoms with Crippen LogP contribution in [0.4, 0.5) is 5.69 Å². The number of fused-ring (bicyclic) bond motifs is 2. The monoisotopic (exact) mass is 553 g/mol. The number of benzene rings is 1. The Hall–Kier alpha value is -2.78. The van der Waals surface area contributed by atoms with Gasteiger partial charge in [-0.15, -0.1) is 11.8 Å². The van der Waals surface area contributed by atoms with E-state index in [4.69, 9.17) is 4.74 Å². The van der Waals surface area contributed by atoms with E-state index in [0.717, 1.165) is 24.3 Å². The summed E-state index contributed by atoms with van der Waals surface area (Å²) in [7, 11) is 0. The van der Waals surface area contributed by atoms with Crippen molar-refractivity contribution in [1.29, 1.82) is 0 Å². The third-order valence-corrected chi connectivity index (χ3v) is 10.2. The van der Waals surface area contributed by atoms with Crippen LogP contribution < -0.4 is 9.64 Å². The molecule has 6 atom stereocenters. The van der Waals surface area contributed by atoms with Gasteiger partial charge in [-0.1, -0.05) is 44.6 Å². The van der Waals surface area contributed by atoms with Gasteiger partial charge in [0.25, 0.3) is 0 Å². The number of likely N-dealkylation sites (tertiary alicyclic amines) is 1. The van der Waals surface area contributed by atoms with Crippen molar-refractivity contribution >= 4 is 35.2 Å². The number of aliphatic hydroxyl groups excluding tert-OH is 1. The van der Waals surface area contributed by atoms with Crippen molar-refractivity contribution in [2.24, 2.45) is 11.8 Å². The van der Waals surface area contributed by atoms with Crippen molar-refractivity contribution in [2.45, 2.75) is 62.1 Å². The summed E-state index contributed by atoms with van der Waals surface area (Å²) in [6.45, 7) is 7.79. The number of carbonyl (C=O) groups is 3. The summed E-state index contributed by atoms with van der Waals surface area (Å²) in [6, 6.07) is 6.23. The van der Waals surface area contributed by atoms with Gasteiger partial charge in [0.1, 0.15) is 11.8 Å². The maximum absolute atomic E-state index is 14.3. The van der Waals surface area contributed by atoms with Crippen molar-refractivity contribution in [2.75, 3.05) is 37.7 Å². The molecule has 1 aromatic carbocycles. The zero-order chi connectivity index (χ0) is 27.7. The molecule has 4 aliphatic rings. The number of rotatable bonds is 9. The summed E-state index contributed by atoms with van der Waals surface area (Å²) >= 11 is 1.58. The minimum atomic E-state index is -0.866. The molecule has 4 heterocycles. The van der Waals surface area contributed by atoms with Crippen LogP contribution in [-0.2, 0) is 14.4 Å². The summed E-state index contributed by atoms with van der Waals surface area (Å²) in [5, 5.41) is 10.0. The Balaban J connectivity index is 1.55. The predicted molar refractivity (Wildman–Crippen MR) is 153 cm³/mol. The number of hydrogen-bond acceptors (Lipinski definition) is 6. The third-order valence-electron chi connectivity index (χ3n) is 8.50. The fourth-order valence-corrected chi connectivity index (χ4v) is 8.59. The lowest BCUT2D eigenvalue weighted by molar-refractivity contribution is -0.145. The highest BCUT2D eigenvalue weighted by Gasteiger charge is 2.71. The number of thioether (sulfide) groups is 1. The first kappa shape index (κ1) is 27.8. The molecule has 9 heteroatoms. The lowest BCUT2D eigenvalue weighted by Gasteiger charge is -2.38. The van der Waals surface area contributed by atoms with Crippen LogP contribution in [0.1, 0.15) is 40.0 Å². The highest BCUT2D eigenvalue weighted by Crippen LogP contribution is 2.61. The van der Waals surface area contributed by atoms with Crippen molar-refractivity contribution < 1.29 is 24.2 Å². The van der Waals surface area contributed by atoms with Crippen LogP contribution in [0.2, 0.25) is 0 Å². The summed E-state index contributed by atoms with van der Waals surface area (Å²) in [5.41, 5.74) is 0.749. The average Bonchev–Trinajstić information content (AvgIpc) is 3.26. The minimum absolute atomic E-state index is 0.0834. The van der Waals surface area contributed by atoms with Crippen LogP contribution in [0.25, 0.3) is 0 Å². The van der Waals surface area contributed by atoms with Gasteiger partial charge in [0.05, 0.1) is 35.8 Å². The molecule has 1 unspecified atom stereocenters. The highest BCUT2D eigenvalue weighted by atomic mass is 32.2. The number of ether oxygens (including phenoxy) is 1. The van der Waals surface area contributed by atoms with E-state index in [1.165, 1.54) is 0 Å². The zero-order valence-electron chi connectivity index (χ0n) is 23.0. The molecule has 5 rings (SSSR count). The molecule has 8 nitrogen and oxygen atoms in total. The van der Waals surface area contributed by atoms with Gasteiger partial charge in [-0.3, -0.25) is 14.4 Å². The molecule has 4 aliphatic heterocycles. The molecule has 3 amide bonds. The molecule has 0 radical (unpaired) electrons. The molecule has 1 N–H and O–H groups in total. The maximum atomic E-state index is 14.3. The fraction of sp³-hybridized carbons (Fsp3) is 0.567. The quantitative estimate of drug-likeness (QED) is 0.472. The van der Waals surface area contributed by atoms with Gasteiger partial charge < -0.3 is 24.5 Å². The van der Waals surface area contributed by atoms with Crippen LogP contribution in [0.3, 0.4) is 0 Å². The first-order valence-electron chi connectivity index (χ1n) is 14.2. The van der Waals surface area contributed by atoms with Crippen molar-refractivity contribution in [3.63, 3.8) is 0 Å². The highest BCUT2D eigenvalue weighted by molar-refractivity contribution is 8.02. The SMILES string of the molecule is CCCCN1CC=C[C@]23S[C@@H]4C=CCN(c5ccc(OCC)cc5)C(=O)[C@@H]4[C@H]2C(=O)N([C@@H](CC)CO)C3C1=O. The van der Waals surface area contributed by atoms with Gasteiger partial charge in [0.2, 0.25) is 17.7 Å². The molecule has 1 spiro atoms. The average molecular weight is 554 g/mol. The molecule has 0 saturated carbocycles. The Morgan fingerprint density at radius 3 is 2.49 bits per heavy atom. The maximum Gasteiger partial charge on any atom is 0.247 e. The van der Waals surface area contributed by atoms with Crippen molar-refractivity contribution in [1.82, 2.24) is 9.80 Å². The zero-order valence-corrected chi connectivity index (χ0v) is 23.8. The van der Waals surface area contributed by atoms with Gasteiger partial charge in [0, 0.05) is 30.6 Å². The van der Waals surface area contributed by atoms with Gasteiger partial charge in [-0.2, -0.15) is 0 Å². The lowest BCUT2D eigenvalue weighted by Crippen LogP contribution is -2.56. The Kier molecular flexibility index (Phi) is 8.10. The summed E-state index contributed by atoms with van der Waals surface area (Å²) in [4.78, 5) is 48.0. The molecule has 1 aromatic rings. The second-order valence-electron chi connectivity index (χ2n) is 10.7. The van der Waals surface area contributed by atoms with E-state index in [-0.39, 0.29) is 29.6 Å². The molecule has 0 bridgehead atoms. The van der Waals surface area contributed by atoms with Crippen LogP contribution in [0, 0.1) is 11.8 Å². The van der Waals surface area contributed by atoms with Gasteiger partial charge in [-0.25, -0.2) is 0 Å². The third kappa shape index (κ3) is 4.57. The normalized spacial score (nSPS) is 30.7. The van der Waals surface area contributed by atoms with Gasteiger partial charge in [-0.05, 0) is 44.0 Å². The van der Waals surface area contributed by atoms with E-state index in [9.17, 15) is 19.5 Å². The van der Waals surface area contributed by atoms with Crippen LogP contribution in [0.15, 0.2) is 48.6 Å². The van der Waals surface area contributed by atoms with E-state index in [1.807, 2.05) is 67.3 Å². The molecule has 0 aliphatic carbocycles. The first-order valence-corrected chi connectivity index (χ1v) is 15.1. The standard InChI is InChI=1S/C30H39N3O5S/c1-4-7-16-31-17-9-15-30-25(28(36)33(20(5-2)19-34)26(30)29(31)37)24-23(39-30)10-8-18-32(27(24)35)21-11-13-22(14-12-21)38-6-3/h8-15,20,23-26,34H,4-7,16-19H2,1-3H3/t20-,23+,24-,25-,26?,30-/m0/s1. The van der Waals surface area contributed by atoms with Crippen LogP contribution >= 0.6 is 11.8 Å². The van der Waals surface area contributed by atoms with E-state index in [2.05, 4.69) is 6.92 Å². The Morgan fingerprint density at radius 1 is 1.05 bits per heavy atom. The topological polar surface area (TPSA) is 90.4 Å². The Morgan fingerprint density at radius 2 is 1.82 bits per heavy atom. The van der Waals surface area contributed by atoms with Gasteiger partial charge >= 0.3 is 0 Å². The van der Waals surface area contributed by atoms with Crippen molar-refractivity contribution in [3.05, 3.63) is 48.6 Å². The Labute approximate surface area is 235 Å². The number of anilines is 1. The van der Waals surface area contributed by atoms with E-state index >= 15 is 0 Å². The van der Waals surface area contributed by atoms with E-state index in [1.54, 1.807) is 21.6 Å². The van der Waals surface area contributed by atoms with E-state index < -0.39 is 28.7 Å². The second-order valence-corrected chi connectivity index (χ2v) is 12.2. The number of unbranched alkanes of at least 4 members (excludes halogenated alkanes) is 1. The first-order chi connectivity index (χ1) is 18.9. The summed E-state index contributed by atoms with van der Waals surface area (Å²) < 4.78 is 4.71. The summed E-state index contributed by atoms with van der Waals surface area (Å²) in [5.74, 6) is -0.962. The number of nitrogens with zero attached hydrogens (tertiary/aromatic N) is 3. The number of amides is 3. The summed E-state index contributed by atoms with van der Waals surface area (Å²) in [6.07, 6.45) is 10.5. The molecule has 39 heavy (non-hydrogen) atoms.